The highest BCUT2D eigenvalue weighted by Crippen LogP contribution is 2.27. The first-order valence-electron chi connectivity index (χ1n) is 6.95. The third-order valence-corrected chi connectivity index (χ3v) is 3.62. The summed E-state index contributed by atoms with van der Waals surface area (Å²) in [4.78, 5) is 8.36. The van der Waals surface area contributed by atoms with Gasteiger partial charge in [0.05, 0.1) is 12.6 Å². The first-order valence-corrected chi connectivity index (χ1v) is 6.95. The minimum absolute atomic E-state index is 0.182. The summed E-state index contributed by atoms with van der Waals surface area (Å²) in [6, 6.07) is 11.1. The van der Waals surface area contributed by atoms with E-state index in [0.29, 0.717) is 17.9 Å². The summed E-state index contributed by atoms with van der Waals surface area (Å²) in [6.07, 6.45) is 1.43. The first-order chi connectivity index (χ1) is 10.7. The number of aryl methyl sites for hydroxylation is 1. The van der Waals surface area contributed by atoms with Crippen LogP contribution in [0, 0.1) is 12.7 Å². The second kappa shape index (κ2) is 5.97. The molecule has 2 aromatic carbocycles. The maximum Gasteiger partial charge on any atom is 0.167 e. The zero-order valence-corrected chi connectivity index (χ0v) is 12.4. The Kier molecular flexibility index (Phi) is 3.87. The Morgan fingerprint density at radius 1 is 1.18 bits per heavy atom. The van der Waals surface area contributed by atoms with Crippen molar-refractivity contribution in [3.63, 3.8) is 0 Å². The molecule has 0 unspecified atom stereocenters. The zero-order chi connectivity index (χ0) is 15.5. The summed E-state index contributed by atoms with van der Waals surface area (Å²) in [7, 11) is 1.44. The monoisotopic (exact) mass is 297 g/mol. The number of aromatic nitrogens is 2. The Labute approximate surface area is 128 Å². The summed E-state index contributed by atoms with van der Waals surface area (Å²) in [5.74, 6) is 0.409. The topological polar surface area (TPSA) is 47.0 Å². The van der Waals surface area contributed by atoms with Crippen LogP contribution in [0.4, 0.5) is 10.2 Å². The molecule has 0 spiro atoms. The second-order valence-corrected chi connectivity index (χ2v) is 5.01. The predicted molar refractivity (Wildman–Crippen MR) is 84.6 cm³/mol. The fraction of sp³-hybridized carbons (Fsp3) is 0.176. The number of nitrogens with zero attached hydrogens (tertiary/aromatic N) is 2. The fourth-order valence-electron chi connectivity index (χ4n) is 2.34. The van der Waals surface area contributed by atoms with E-state index >= 15 is 0 Å². The molecule has 0 saturated carbocycles. The highest BCUT2D eigenvalue weighted by molar-refractivity contribution is 5.90. The molecule has 0 bridgehead atoms. The lowest BCUT2D eigenvalue weighted by atomic mass is 10.1. The van der Waals surface area contributed by atoms with Crippen molar-refractivity contribution >= 4 is 16.7 Å². The van der Waals surface area contributed by atoms with Gasteiger partial charge in [-0.25, -0.2) is 14.4 Å². The van der Waals surface area contributed by atoms with Crippen molar-refractivity contribution in [2.24, 2.45) is 0 Å². The number of hydrogen-bond acceptors (Lipinski definition) is 4. The largest absolute Gasteiger partial charge is 0.494 e. The van der Waals surface area contributed by atoms with E-state index in [-0.39, 0.29) is 5.75 Å². The molecular weight excluding hydrogens is 281 g/mol. The molecule has 0 radical (unpaired) electrons. The van der Waals surface area contributed by atoms with E-state index < -0.39 is 5.82 Å². The number of methoxy groups -OCH3 is 1. The highest BCUT2D eigenvalue weighted by atomic mass is 19.1. The Morgan fingerprint density at radius 2 is 2.00 bits per heavy atom. The van der Waals surface area contributed by atoms with Crippen molar-refractivity contribution in [3.05, 3.63) is 59.7 Å². The molecule has 0 aliphatic rings. The van der Waals surface area contributed by atoms with E-state index in [9.17, 15) is 4.39 Å². The van der Waals surface area contributed by atoms with Gasteiger partial charge in [-0.3, -0.25) is 0 Å². The number of anilines is 1. The van der Waals surface area contributed by atoms with E-state index in [1.165, 1.54) is 30.6 Å². The quantitative estimate of drug-likeness (QED) is 0.797. The van der Waals surface area contributed by atoms with Gasteiger partial charge in [0.15, 0.2) is 11.6 Å². The van der Waals surface area contributed by atoms with Gasteiger partial charge < -0.3 is 10.1 Å². The molecule has 0 aliphatic heterocycles. The van der Waals surface area contributed by atoms with Crippen LogP contribution >= 0.6 is 0 Å². The molecule has 1 N–H and O–H groups in total. The molecule has 22 heavy (non-hydrogen) atoms. The van der Waals surface area contributed by atoms with Crippen molar-refractivity contribution < 1.29 is 9.13 Å². The number of hydrogen-bond donors (Lipinski definition) is 1. The molecule has 3 aromatic rings. The molecule has 1 heterocycles. The van der Waals surface area contributed by atoms with E-state index in [1.807, 2.05) is 12.1 Å². The van der Waals surface area contributed by atoms with Crippen LogP contribution in [0.5, 0.6) is 5.75 Å². The van der Waals surface area contributed by atoms with Gasteiger partial charge in [-0.05, 0) is 24.1 Å². The molecular formula is C17H16FN3O. The minimum atomic E-state index is -0.432. The van der Waals surface area contributed by atoms with Gasteiger partial charge in [0, 0.05) is 18.0 Å². The molecule has 0 atom stereocenters. The second-order valence-electron chi connectivity index (χ2n) is 5.01. The van der Waals surface area contributed by atoms with E-state index in [2.05, 4.69) is 34.3 Å². The van der Waals surface area contributed by atoms with Crippen molar-refractivity contribution in [2.45, 2.75) is 13.5 Å². The fourth-order valence-corrected chi connectivity index (χ4v) is 2.34. The number of fused-ring (bicyclic) bond motifs is 1. The van der Waals surface area contributed by atoms with Crippen LogP contribution < -0.4 is 10.1 Å². The van der Waals surface area contributed by atoms with Gasteiger partial charge in [0.25, 0.3) is 0 Å². The molecule has 4 nitrogen and oxygen atoms in total. The van der Waals surface area contributed by atoms with Gasteiger partial charge in [-0.2, -0.15) is 0 Å². The van der Waals surface area contributed by atoms with Crippen LogP contribution in [0.2, 0.25) is 0 Å². The van der Waals surface area contributed by atoms with Gasteiger partial charge in [-0.15, -0.1) is 0 Å². The maximum atomic E-state index is 13.7. The summed E-state index contributed by atoms with van der Waals surface area (Å²) < 4.78 is 18.8. The van der Waals surface area contributed by atoms with Crippen LogP contribution in [0.3, 0.4) is 0 Å². The van der Waals surface area contributed by atoms with Crippen LogP contribution in [-0.4, -0.2) is 17.1 Å². The molecule has 0 amide bonds. The summed E-state index contributed by atoms with van der Waals surface area (Å²) in [5, 5.41) is 4.02. The first kappa shape index (κ1) is 14.3. The van der Waals surface area contributed by atoms with Gasteiger partial charge in [0.1, 0.15) is 12.1 Å². The lowest BCUT2D eigenvalue weighted by Gasteiger charge is -2.11. The number of ether oxygens (including phenoxy) is 1. The van der Waals surface area contributed by atoms with Crippen LogP contribution in [0.25, 0.3) is 10.9 Å². The van der Waals surface area contributed by atoms with Crippen LogP contribution in [0.1, 0.15) is 11.1 Å². The number of benzene rings is 2. The smallest absolute Gasteiger partial charge is 0.167 e. The predicted octanol–water partition coefficient (Wildman–Crippen LogP) is 3.70. The van der Waals surface area contributed by atoms with Gasteiger partial charge in [-0.1, -0.05) is 24.3 Å². The van der Waals surface area contributed by atoms with Crippen LogP contribution in [0.15, 0.2) is 42.7 Å². The molecule has 0 aliphatic carbocycles. The summed E-state index contributed by atoms with van der Waals surface area (Å²) in [6.45, 7) is 2.70. The van der Waals surface area contributed by atoms with Crippen molar-refractivity contribution in [1.29, 1.82) is 0 Å². The summed E-state index contributed by atoms with van der Waals surface area (Å²) >= 11 is 0. The Morgan fingerprint density at radius 3 is 2.77 bits per heavy atom. The number of halogens is 1. The highest BCUT2D eigenvalue weighted by Gasteiger charge is 2.10. The van der Waals surface area contributed by atoms with E-state index in [1.54, 1.807) is 6.07 Å². The molecule has 5 heteroatoms. The third-order valence-electron chi connectivity index (χ3n) is 3.62. The lowest BCUT2D eigenvalue weighted by molar-refractivity contribution is 0.387. The molecule has 0 fully saturated rings. The van der Waals surface area contributed by atoms with E-state index in [4.69, 9.17) is 4.74 Å². The van der Waals surface area contributed by atoms with E-state index in [0.717, 1.165) is 5.39 Å². The normalized spacial score (nSPS) is 10.7. The molecule has 0 saturated heterocycles. The Bertz CT molecular complexity index is 820. The average Bonchev–Trinajstić information content (AvgIpc) is 2.53. The van der Waals surface area contributed by atoms with Crippen LogP contribution in [-0.2, 0) is 6.54 Å². The lowest BCUT2D eigenvalue weighted by Crippen LogP contribution is -2.04. The minimum Gasteiger partial charge on any atom is -0.494 e. The zero-order valence-electron chi connectivity index (χ0n) is 12.4. The molecule has 3 rings (SSSR count). The Hall–Kier alpha value is -2.69. The van der Waals surface area contributed by atoms with Gasteiger partial charge >= 0.3 is 0 Å². The number of nitrogens with one attached hydrogen (secondary N) is 1. The van der Waals surface area contributed by atoms with Crippen molar-refractivity contribution in [2.75, 3.05) is 12.4 Å². The number of rotatable bonds is 4. The molecule has 1 aromatic heterocycles. The third kappa shape index (κ3) is 2.70. The average molecular weight is 297 g/mol. The van der Waals surface area contributed by atoms with Gasteiger partial charge in [0.2, 0.25) is 0 Å². The van der Waals surface area contributed by atoms with Crippen molar-refractivity contribution in [1.82, 2.24) is 9.97 Å². The SMILES string of the molecule is COc1cc2c(NCc3ccccc3C)ncnc2cc1F. The van der Waals surface area contributed by atoms with Crippen molar-refractivity contribution in [3.8, 4) is 5.75 Å². The standard InChI is InChI=1S/C17H16FN3O/c1-11-5-3-4-6-12(11)9-19-17-13-7-16(22-2)14(18)8-15(13)20-10-21-17/h3-8,10H,9H2,1-2H3,(H,19,20,21). The summed E-state index contributed by atoms with van der Waals surface area (Å²) in [5.41, 5.74) is 2.93. The molecule has 112 valence electrons. The Balaban J connectivity index is 1.95. The maximum absolute atomic E-state index is 13.7.